The number of rotatable bonds is 4. The zero-order chi connectivity index (χ0) is 14.8. The molecule has 2 rings (SSSR count). The van der Waals surface area contributed by atoms with E-state index in [4.69, 9.17) is 11.6 Å². The van der Waals surface area contributed by atoms with Gasteiger partial charge in [-0.25, -0.2) is 8.42 Å². The van der Waals surface area contributed by atoms with Crippen molar-refractivity contribution in [2.75, 3.05) is 0 Å². The van der Waals surface area contributed by atoms with Gasteiger partial charge in [-0.15, -0.1) is 0 Å². The summed E-state index contributed by atoms with van der Waals surface area (Å²) in [5, 5.41) is 0.386. The fourth-order valence-electron chi connectivity index (χ4n) is 2.03. The lowest BCUT2D eigenvalue weighted by atomic mass is 10.1. The fourth-order valence-corrected chi connectivity index (χ4v) is 3.84. The van der Waals surface area contributed by atoms with Gasteiger partial charge in [-0.3, -0.25) is 4.98 Å². The summed E-state index contributed by atoms with van der Waals surface area (Å²) >= 11 is 5.96. The van der Waals surface area contributed by atoms with Crippen LogP contribution >= 0.6 is 11.6 Å². The first kappa shape index (κ1) is 15.0. The third-order valence-electron chi connectivity index (χ3n) is 3.06. The van der Waals surface area contributed by atoms with E-state index in [1.807, 2.05) is 32.0 Å². The maximum atomic E-state index is 12.3. The summed E-state index contributed by atoms with van der Waals surface area (Å²) in [6.07, 6.45) is 1.55. The maximum Gasteiger partial charge on any atom is 0.160 e. The third-order valence-corrected chi connectivity index (χ3v) is 4.87. The monoisotopic (exact) mass is 309 g/mol. The van der Waals surface area contributed by atoms with Gasteiger partial charge < -0.3 is 0 Å². The molecule has 0 aliphatic rings. The molecule has 0 atom stereocenters. The van der Waals surface area contributed by atoms with E-state index in [0.29, 0.717) is 10.7 Å². The van der Waals surface area contributed by atoms with Crippen LogP contribution in [-0.4, -0.2) is 13.4 Å². The van der Waals surface area contributed by atoms with Crippen LogP contribution in [0.2, 0.25) is 5.02 Å². The maximum absolute atomic E-state index is 12.3. The van der Waals surface area contributed by atoms with E-state index < -0.39 is 9.84 Å². The van der Waals surface area contributed by atoms with Gasteiger partial charge in [0.1, 0.15) is 0 Å². The summed E-state index contributed by atoms with van der Waals surface area (Å²) in [5.74, 6) is -0.133. The van der Waals surface area contributed by atoms with Crippen molar-refractivity contribution in [3.05, 3.63) is 63.9 Å². The van der Waals surface area contributed by atoms with Gasteiger partial charge in [0.05, 0.1) is 22.2 Å². The Morgan fingerprint density at radius 3 is 2.55 bits per heavy atom. The highest BCUT2D eigenvalue weighted by atomic mass is 35.5. The summed E-state index contributed by atoms with van der Waals surface area (Å²) in [6.45, 7) is 3.91. The summed E-state index contributed by atoms with van der Waals surface area (Å²) in [7, 11) is -3.29. The second kappa shape index (κ2) is 5.94. The smallest absolute Gasteiger partial charge is 0.160 e. The van der Waals surface area contributed by atoms with E-state index in [-0.39, 0.29) is 11.5 Å². The number of sulfone groups is 1. The molecule has 0 saturated carbocycles. The molecule has 20 heavy (non-hydrogen) atoms. The molecule has 5 heteroatoms. The van der Waals surface area contributed by atoms with Crippen molar-refractivity contribution in [1.29, 1.82) is 0 Å². The van der Waals surface area contributed by atoms with Crippen molar-refractivity contribution in [1.82, 2.24) is 4.98 Å². The van der Waals surface area contributed by atoms with Crippen LogP contribution in [0.1, 0.15) is 22.4 Å². The Balaban J connectivity index is 2.22. The third kappa shape index (κ3) is 3.81. The molecule has 0 spiro atoms. The Kier molecular flexibility index (Phi) is 4.45. The number of halogens is 1. The van der Waals surface area contributed by atoms with E-state index in [1.165, 1.54) is 0 Å². The quantitative estimate of drug-likeness (QED) is 0.869. The van der Waals surface area contributed by atoms with E-state index in [0.717, 1.165) is 16.7 Å². The van der Waals surface area contributed by atoms with Crippen molar-refractivity contribution in [2.45, 2.75) is 25.4 Å². The topological polar surface area (TPSA) is 47.0 Å². The molecule has 0 fully saturated rings. The lowest BCUT2D eigenvalue weighted by Crippen LogP contribution is -2.10. The summed E-state index contributed by atoms with van der Waals surface area (Å²) < 4.78 is 24.5. The lowest BCUT2D eigenvalue weighted by molar-refractivity contribution is 0.593. The minimum absolute atomic E-state index is 0.00597. The molecule has 0 aliphatic heterocycles. The second-order valence-corrected chi connectivity index (χ2v) is 7.37. The normalized spacial score (nSPS) is 11.6. The molecular weight excluding hydrogens is 294 g/mol. The molecule has 1 heterocycles. The highest BCUT2D eigenvalue weighted by molar-refractivity contribution is 7.89. The van der Waals surface area contributed by atoms with Gasteiger partial charge >= 0.3 is 0 Å². The average Bonchev–Trinajstić information content (AvgIpc) is 2.35. The van der Waals surface area contributed by atoms with Crippen LogP contribution in [0.5, 0.6) is 0 Å². The number of benzene rings is 1. The van der Waals surface area contributed by atoms with Gasteiger partial charge in [-0.05, 0) is 37.1 Å². The SMILES string of the molecule is Cc1ccc(CS(=O)(=O)Cc2ncccc2Cl)c(C)c1. The van der Waals surface area contributed by atoms with Crippen LogP contribution in [-0.2, 0) is 21.3 Å². The Labute approximate surface area is 124 Å². The zero-order valence-electron chi connectivity index (χ0n) is 11.4. The van der Waals surface area contributed by atoms with E-state index in [9.17, 15) is 8.42 Å². The summed E-state index contributed by atoms with van der Waals surface area (Å²) in [4.78, 5) is 4.03. The molecule has 0 aliphatic carbocycles. The van der Waals surface area contributed by atoms with Gasteiger partial charge in [-0.2, -0.15) is 0 Å². The molecule has 1 aromatic carbocycles. The van der Waals surface area contributed by atoms with Gasteiger partial charge in [0, 0.05) is 6.20 Å². The summed E-state index contributed by atoms with van der Waals surface area (Å²) in [6, 6.07) is 9.10. The highest BCUT2D eigenvalue weighted by Gasteiger charge is 2.17. The van der Waals surface area contributed by atoms with Crippen LogP contribution in [0.4, 0.5) is 0 Å². The number of nitrogens with zero attached hydrogens (tertiary/aromatic N) is 1. The van der Waals surface area contributed by atoms with Crippen LogP contribution in [0.25, 0.3) is 0 Å². The molecule has 0 unspecified atom stereocenters. The predicted octanol–water partition coefficient (Wildman–Crippen LogP) is 3.47. The molecule has 106 valence electrons. The van der Waals surface area contributed by atoms with E-state index in [1.54, 1.807) is 18.3 Å². The largest absolute Gasteiger partial charge is 0.259 e. The Bertz CT molecular complexity index is 726. The number of hydrogen-bond donors (Lipinski definition) is 0. The molecule has 3 nitrogen and oxygen atoms in total. The Morgan fingerprint density at radius 1 is 1.15 bits per heavy atom. The number of aromatic nitrogens is 1. The van der Waals surface area contributed by atoms with Gasteiger partial charge in [0.2, 0.25) is 0 Å². The standard InChI is InChI=1S/C15H16ClNO2S/c1-11-5-6-13(12(2)8-11)9-20(18,19)10-15-14(16)4-3-7-17-15/h3-8H,9-10H2,1-2H3. The molecular formula is C15H16ClNO2S. The first-order valence-electron chi connectivity index (χ1n) is 6.23. The summed E-state index contributed by atoms with van der Waals surface area (Å²) in [5.41, 5.74) is 3.33. The van der Waals surface area contributed by atoms with Crippen molar-refractivity contribution in [2.24, 2.45) is 0 Å². The Hall–Kier alpha value is -1.39. The number of pyridine rings is 1. The number of hydrogen-bond acceptors (Lipinski definition) is 3. The minimum Gasteiger partial charge on any atom is -0.259 e. The van der Waals surface area contributed by atoms with Crippen molar-refractivity contribution >= 4 is 21.4 Å². The first-order chi connectivity index (χ1) is 9.37. The molecule has 0 N–H and O–H groups in total. The lowest BCUT2D eigenvalue weighted by Gasteiger charge is -2.08. The molecule has 2 aromatic rings. The molecule has 0 saturated heterocycles. The van der Waals surface area contributed by atoms with Crippen LogP contribution < -0.4 is 0 Å². The van der Waals surface area contributed by atoms with Gasteiger partial charge in [0.15, 0.2) is 9.84 Å². The van der Waals surface area contributed by atoms with Crippen LogP contribution in [0.3, 0.4) is 0 Å². The molecule has 0 radical (unpaired) electrons. The Morgan fingerprint density at radius 2 is 1.90 bits per heavy atom. The van der Waals surface area contributed by atoms with E-state index in [2.05, 4.69) is 4.98 Å². The van der Waals surface area contributed by atoms with Gasteiger partial charge in [-0.1, -0.05) is 35.4 Å². The van der Waals surface area contributed by atoms with Crippen molar-refractivity contribution in [3.8, 4) is 0 Å². The first-order valence-corrected chi connectivity index (χ1v) is 8.43. The second-order valence-electron chi connectivity index (χ2n) is 4.89. The van der Waals surface area contributed by atoms with Crippen LogP contribution in [0.15, 0.2) is 36.5 Å². The fraction of sp³-hybridized carbons (Fsp3) is 0.267. The zero-order valence-corrected chi connectivity index (χ0v) is 13.0. The minimum atomic E-state index is -3.29. The highest BCUT2D eigenvalue weighted by Crippen LogP contribution is 2.19. The predicted molar refractivity (Wildman–Crippen MR) is 81.5 cm³/mol. The van der Waals surface area contributed by atoms with Gasteiger partial charge in [0.25, 0.3) is 0 Å². The van der Waals surface area contributed by atoms with E-state index >= 15 is 0 Å². The molecule has 0 amide bonds. The molecule has 0 bridgehead atoms. The van der Waals surface area contributed by atoms with Crippen molar-refractivity contribution < 1.29 is 8.42 Å². The van der Waals surface area contributed by atoms with Crippen molar-refractivity contribution in [3.63, 3.8) is 0 Å². The molecule has 1 aromatic heterocycles. The number of aryl methyl sites for hydroxylation is 2. The average molecular weight is 310 g/mol. The van der Waals surface area contributed by atoms with Crippen LogP contribution in [0, 0.1) is 13.8 Å².